The fourth-order valence-corrected chi connectivity index (χ4v) is 1.70. The Labute approximate surface area is 84.7 Å². The summed E-state index contributed by atoms with van der Waals surface area (Å²) in [5.41, 5.74) is 0. The van der Waals surface area contributed by atoms with Crippen LogP contribution in [0.4, 0.5) is 5.13 Å². The van der Waals surface area contributed by atoms with Crippen LogP contribution in [0.5, 0.6) is 0 Å². The summed E-state index contributed by atoms with van der Waals surface area (Å²) in [5, 5.41) is 11.9. The summed E-state index contributed by atoms with van der Waals surface area (Å²) >= 11 is 4.78. The molecule has 0 radical (unpaired) electrons. The Morgan fingerprint density at radius 2 is 2.33 bits per heavy atom. The molecular formula is C7H12BrN3S. The Morgan fingerprint density at radius 3 is 2.83 bits per heavy atom. The molecule has 0 aliphatic carbocycles. The SMILES string of the molecule is CCC(C)CNc1nnc(Br)s1. The van der Waals surface area contributed by atoms with E-state index >= 15 is 0 Å². The standard InChI is InChI=1S/C7H12BrN3S/c1-3-5(2)4-9-7-11-10-6(8)12-7/h5H,3-4H2,1-2H3,(H,9,11). The maximum Gasteiger partial charge on any atom is 0.206 e. The van der Waals surface area contributed by atoms with Crippen molar-refractivity contribution in [2.75, 3.05) is 11.9 Å². The maximum atomic E-state index is 3.93. The Morgan fingerprint density at radius 1 is 1.58 bits per heavy atom. The Bertz CT molecular complexity index is 238. The van der Waals surface area contributed by atoms with Crippen LogP contribution >= 0.6 is 27.3 Å². The van der Waals surface area contributed by atoms with Gasteiger partial charge in [0.2, 0.25) is 5.13 Å². The molecular weight excluding hydrogens is 238 g/mol. The van der Waals surface area contributed by atoms with Gasteiger partial charge in [-0.15, -0.1) is 10.2 Å². The van der Waals surface area contributed by atoms with E-state index in [1.54, 1.807) is 0 Å². The van der Waals surface area contributed by atoms with Gasteiger partial charge in [-0.05, 0) is 21.8 Å². The molecule has 0 aliphatic heterocycles. The fraction of sp³-hybridized carbons (Fsp3) is 0.714. The molecule has 1 atom stereocenters. The molecule has 12 heavy (non-hydrogen) atoms. The number of anilines is 1. The molecule has 1 rings (SSSR count). The van der Waals surface area contributed by atoms with Crippen LogP contribution in [0.1, 0.15) is 20.3 Å². The van der Waals surface area contributed by atoms with Crippen molar-refractivity contribution in [3.63, 3.8) is 0 Å². The summed E-state index contributed by atoms with van der Waals surface area (Å²) in [4.78, 5) is 0. The molecule has 0 saturated heterocycles. The van der Waals surface area contributed by atoms with Gasteiger partial charge in [-0.25, -0.2) is 0 Å². The number of aromatic nitrogens is 2. The summed E-state index contributed by atoms with van der Waals surface area (Å²) in [6.07, 6.45) is 1.19. The number of nitrogens with zero attached hydrogens (tertiary/aromatic N) is 2. The lowest BCUT2D eigenvalue weighted by atomic mass is 10.1. The van der Waals surface area contributed by atoms with Crippen LogP contribution in [0.3, 0.4) is 0 Å². The highest BCUT2D eigenvalue weighted by Gasteiger charge is 2.02. The molecule has 1 heterocycles. The molecule has 0 spiro atoms. The average molecular weight is 250 g/mol. The number of halogens is 1. The van der Waals surface area contributed by atoms with Crippen molar-refractivity contribution in [1.29, 1.82) is 0 Å². The van der Waals surface area contributed by atoms with E-state index < -0.39 is 0 Å². The third-order valence-electron chi connectivity index (χ3n) is 1.70. The lowest BCUT2D eigenvalue weighted by Gasteiger charge is -2.07. The van der Waals surface area contributed by atoms with E-state index in [0.717, 1.165) is 15.6 Å². The molecule has 0 saturated carbocycles. The van der Waals surface area contributed by atoms with Crippen LogP contribution in [0.2, 0.25) is 0 Å². The molecule has 0 amide bonds. The average Bonchev–Trinajstić information content (AvgIpc) is 2.47. The third kappa shape index (κ3) is 3.06. The van der Waals surface area contributed by atoms with Gasteiger partial charge in [0, 0.05) is 6.54 Å². The van der Waals surface area contributed by atoms with Gasteiger partial charge in [0.05, 0.1) is 0 Å². The number of hydrogen-bond donors (Lipinski definition) is 1. The molecule has 68 valence electrons. The van der Waals surface area contributed by atoms with E-state index in [9.17, 15) is 0 Å². The van der Waals surface area contributed by atoms with Gasteiger partial charge in [0.25, 0.3) is 0 Å². The van der Waals surface area contributed by atoms with Gasteiger partial charge in [-0.2, -0.15) is 0 Å². The topological polar surface area (TPSA) is 37.8 Å². The van der Waals surface area contributed by atoms with Gasteiger partial charge in [0.15, 0.2) is 3.92 Å². The monoisotopic (exact) mass is 249 g/mol. The second kappa shape index (κ2) is 4.77. The molecule has 1 aromatic rings. The summed E-state index contributed by atoms with van der Waals surface area (Å²) in [6, 6.07) is 0. The molecule has 0 aromatic carbocycles. The van der Waals surface area contributed by atoms with Crippen molar-refractivity contribution in [2.45, 2.75) is 20.3 Å². The largest absolute Gasteiger partial charge is 0.360 e. The zero-order chi connectivity index (χ0) is 8.97. The van der Waals surface area contributed by atoms with Gasteiger partial charge in [-0.1, -0.05) is 31.6 Å². The molecule has 5 heteroatoms. The normalized spacial score (nSPS) is 12.9. The summed E-state index contributed by atoms with van der Waals surface area (Å²) in [5.74, 6) is 0.688. The van der Waals surface area contributed by atoms with E-state index in [4.69, 9.17) is 0 Å². The molecule has 1 unspecified atom stereocenters. The summed E-state index contributed by atoms with van der Waals surface area (Å²) in [7, 11) is 0. The first-order valence-corrected chi connectivity index (χ1v) is 5.56. The quantitative estimate of drug-likeness (QED) is 0.892. The van der Waals surface area contributed by atoms with Crippen molar-refractivity contribution in [1.82, 2.24) is 10.2 Å². The molecule has 0 aliphatic rings. The van der Waals surface area contributed by atoms with Crippen LogP contribution < -0.4 is 5.32 Å². The van der Waals surface area contributed by atoms with Crippen LogP contribution in [-0.4, -0.2) is 16.7 Å². The Balaban J connectivity index is 2.33. The first kappa shape index (κ1) is 9.92. The van der Waals surface area contributed by atoms with E-state index in [2.05, 4.69) is 45.3 Å². The smallest absolute Gasteiger partial charge is 0.206 e. The zero-order valence-electron chi connectivity index (χ0n) is 7.17. The zero-order valence-corrected chi connectivity index (χ0v) is 9.57. The first-order valence-electron chi connectivity index (χ1n) is 3.95. The van der Waals surface area contributed by atoms with Crippen molar-refractivity contribution < 1.29 is 0 Å². The van der Waals surface area contributed by atoms with E-state index in [-0.39, 0.29) is 0 Å². The van der Waals surface area contributed by atoms with Crippen LogP contribution in [0.15, 0.2) is 3.92 Å². The lowest BCUT2D eigenvalue weighted by molar-refractivity contribution is 0.593. The minimum Gasteiger partial charge on any atom is -0.360 e. The Hall–Kier alpha value is -0.160. The maximum absolute atomic E-state index is 3.93. The molecule has 3 nitrogen and oxygen atoms in total. The molecule has 1 aromatic heterocycles. The Kier molecular flexibility index (Phi) is 3.94. The fourth-order valence-electron chi connectivity index (χ4n) is 0.683. The van der Waals surface area contributed by atoms with Crippen molar-refractivity contribution >= 4 is 32.4 Å². The van der Waals surface area contributed by atoms with Crippen LogP contribution in [0.25, 0.3) is 0 Å². The highest BCUT2D eigenvalue weighted by atomic mass is 79.9. The number of hydrogen-bond acceptors (Lipinski definition) is 4. The highest BCUT2D eigenvalue weighted by molar-refractivity contribution is 9.11. The lowest BCUT2D eigenvalue weighted by Crippen LogP contribution is -2.09. The second-order valence-corrected chi connectivity index (χ2v) is 5.01. The van der Waals surface area contributed by atoms with Crippen LogP contribution in [-0.2, 0) is 0 Å². The minimum atomic E-state index is 0.688. The van der Waals surface area contributed by atoms with Gasteiger partial charge in [-0.3, -0.25) is 0 Å². The number of nitrogens with one attached hydrogen (secondary N) is 1. The molecule has 0 bridgehead atoms. The second-order valence-electron chi connectivity index (χ2n) is 2.75. The predicted molar refractivity (Wildman–Crippen MR) is 55.6 cm³/mol. The van der Waals surface area contributed by atoms with Crippen molar-refractivity contribution in [3.8, 4) is 0 Å². The summed E-state index contributed by atoms with van der Waals surface area (Å²) < 4.78 is 0.828. The predicted octanol–water partition coefficient (Wildman–Crippen LogP) is 2.76. The van der Waals surface area contributed by atoms with E-state index in [1.807, 2.05) is 0 Å². The van der Waals surface area contributed by atoms with Gasteiger partial charge < -0.3 is 5.32 Å². The molecule has 0 fully saturated rings. The number of rotatable bonds is 4. The summed E-state index contributed by atoms with van der Waals surface area (Å²) in [6.45, 7) is 5.36. The van der Waals surface area contributed by atoms with E-state index in [0.29, 0.717) is 5.92 Å². The van der Waals surface area contributed by atoms with Gasteiger partial charge >= 0.3 is 0 Å². The van der Waals surface area contributed by atoms with Crippen molar-refractivity contribution in [2.24, 2.45) is 5.92 Å². The highest BCUT2D eigenvalue weighted by Crippen LogP contribution is 2.20. The minimum absolute atomic E-state index is 0.688. The van der Waals surface area contributed by atoms with Gasteiger partial charge in [0.1, 0.15) is 0 Å². The molecule has 1 N–H and O–H groups in total. The van der Waals surface area contributed by atoms with Crippen LogP contribution in [0, 0.1) is 5.92 Å². The van der Waals surface area contributed by atoms with Crippen molar-refractivity contribution in [3.05, 3.63) is 3.92 Å². The van der Waals surface area contributed by atoms with E-state index in [1.165, 1.54) is 17.8 Å². The first-order chi connectivity index (χ1) is 5.72. The third-order valence-corrected chi connectivity index (χ3v) is 3.01.